The molecule has 0 amide bonds. The molecule has 0 unspecified atom stereocenters. The number of benzene rings is 1. The summed E-state index contributed by atoms with van der Waals surface area (Å²) in [5.41, 5.74) is 3.15. The zero-order chi connectivity index (χ0) is 13.5. The molecule has 3 rings (SSSR count). The van der Waals surface area contributed by atoms with Gasteiger partial charge in [-0.1, -0.05) is 23.7 Å². The molecule has 1 saturated carbocycles. The van der Waals surface area contributed by atoms with Crippen LogP contribution in [0.3, 0.4) is 0 Å². The maximum absolute atomic E-state index is 12.6. The minimum Gasteiger partial charge on any atom is -0.380 e. The van der Waals surface area contributed by atoms with Gasteiger partial charge < -0.3 is 4.84 Å². The third-order valence-corrected chi connectivity index (χ3v) is 4.38. The Labute approximate surface area is 113 Å². The fourth-order valence-electron chi connectivity index (χ4n) is 2.95. The summed E-state index contributed by atoms with van der Waals surface area (Å²) in [7, 11) is 0. The van der Waals surface area contributed by atoms with Crippen molar-refractivity contribution in [1.82, 2.24) is 0 Å². The molecule has 1 aromatic rings. The largest absolute Gasteiger partial charge is 0.380 e. The Bertz CT molecular complexity index is 554. The normalized spacial score (nSPS) is 21.4. The number of carbonyl (C=O) groups excluding carboxylic acids is 1. The Morgan fingerprint density at radius 2 is 1.84 bits per heavy atom. The van der Waals surface area contributed by atoms with E-state index in [-0.39, 0.29) is 5.78 Å². The Morgan fingerprint density at radius 1 is 1.11 bits per heavy atom. The molecule has 1 fully saturated rings. The first-order valence-corrected chi connectivity index (χ1v) is 7.01. The van der Waals surface area contributed by atoms with Crippen molar-refractivity contribution >= 4 is 11.5 Å². The van der Waals surface area contributed by atoms with Gasteiger partial charge in [-0.2, -0.15) is 0 Å². The molecule has 1 aromatic carbocycles. The Balaban J connectivity index is 1.90. The first-order valence-electron chi connectivity index (χ1n) is 7.01. The smallest absolute Gasteiger partial charge is 0.231 e. The highest BCUT2D eigenvalue weighted by molar-refractivity contribution is 6.49. The van der Waals surface area contributed by atoms with Gasteiger partial charge in [0.1, 0.15) is 0 Å². The van der Waals surface area contributed by atoms with Crippen LogP contribution < -0.4 is 0 Å². The molecule has 0 bridgehead atoms. The summed E-state index contributed by atoms with van der Waals surface area (Å²) in [4.78, 5) is 18.2. The summed E-state index contributed by atoms with van der Waals surface area (Å²) in [6.07, 6.45) is 4.92. The maximum Gasteiger partial charge on any atom is 0.231 e. The predicted octanol–water partition coefficient (Wildman–Crippen LogP) is 3.31. The Hall–Kier alpha value is -1.64. The average molecular weight is 257 g/mol. The van der Waals surface area contributed by atoms with E-state index in [1.165, 1.54) is 17.5 Å². The Morgan fingerprint density at radius 3 is 2.53 bits per heavy atom. The van der Waals surface area contributed by atoms with Crippen LogP contribution in [0.4, 0.5) is 0 Å². The van der Waals surface area contributed by atoms with Crippen LogP contribution in [-0.2, 0) is 9.63 Å². The number of Topliss-reactive ketones (excluding diaryl/α,β-unsaturated/α-hetero) is 1. The summed E-state index contributed by atoms with van der Waals surface area (Å²) in [5.74, 6) is 0.0791. The number of oxime groups is 1. The van der Waals surface area contributed by atoms with Gasteiger partial charge in [-0.3, -0.25) is 4.79 Å². The Kier molecular flexibility index (Phi) is 2.92. The van der Waals surface area contributed by atoms with Gasteiger partial charge in [0.25, 0.3) is 0 Å². The van der Waals surface area contributed by atoms with Crippen LogP contribution in [0, 0.1) is 13.8 Å². The standard InChI is InChI=1S/C16H19NO2/c1-11-6-7-13(10-12(11)2)14-15(18)16(19-17-14)8-4-3-5-9-16/h6-7,10H,3-5,8-9H2,1-2H3. The SMILES string of the molecule is Cc1ccc(C2=NOC3(CCCCC3)C2=O)cc1C. The number of aryl methyl sites for hydroxylation is 2. The zero-order valence-electron chi connectivity index (χ0n) is 11.5. The third kappa shape index (κ3) is 1.97. The second-order valence-electron chi connectivity index (χ2n) is 5.71. The molecule has 1 heterocycles. The predicted molar refractivity (Wildman–Crippen MR) is 74.4 cm³/mol. The van der Waals surface area contributed by atoms with Gasteiger partial charge in [-0.05, 0) is 56.7 Å². The summed E-state index contributed by atoms with van der Waals surface area (Å²) in [6, 6.07) is 6.02. The fraction of sp³-hybridized carbons (Fsp3) is 0.500. The number of hydrogen-bond acceptors (Lipinski definition) is 3. The maximum atomic E-state index is 12.6. The number of nitrogens with zero attached hydrogens (tertiary/aromatic N) is 1. The fourth-order valence-corrected chi connectivity index (χ4v) is 2.95. The van der Waals surface area contributed by atoms with Gasteiger partial charge in [0.15, 0.2) is 5.71 Å². The summed E-state index contributed by atoms with van der Waals surface area (Å²) in [5, 5.41) is 4.10. The van der Waals surface area contributed by atoms with E-state index in [0.29, 0.717) is 5.71 Å². The van der Waals surface area contributed by atoms with Gasteiger partial charge in [0.05, 0.1) is 0 Å². The molecule has 1 aliphatic heterocycles. The molecule has 3 heteroatoms. The van der Waals surface area contributed by atoms with Crippen molar-refractivity contribution in [2.45, 2.75) is 51.6 Å². The lowest BCUT2D eigenvalue weighted by atomic mass is 9.79. The van der Waals surface area contributed by atoms with Gasteiger partial charge in [0.2, 0.25) is 11.4 Å². The lowest BCUT2D eigenvalue weighted by Gasteiger charge is -2.28. The van der Waals surface area contributed by atoms with Crippen molar-refractivity contribution < 1.29 is 9.63 Å². The quantitative estimate of drug-likeness (QED) is 0.774. The van der Waals surface area contributed by atoms with E-state index < -0.39 is 5.60 Å². The first-order chi connectivity index (χ1) is 9.12. The first kappa shape index (κ1) is 12.4. The summed E-state index contributed by atoms with van der Waals surface area (Å²) >= 11 is 0. The van der Waals surface area contributed by atoms with Crippen molar-refractivity contribution in [2.24, 2.45) is 5.16 Å². The molecule has 0 saturated heterocycles. The number of ketones is 1. The van der Waals surface area contributed by atoms with E-state index >= 15 is 0 Å². The minimum atomic E-state index is -0.646. The lowest BCUT2D eigenvalue weighted by Crippen LogP contribution is -2.41. The van der Waals surface area contributed by atoms with Crippen LogP contribution in [0.15, 0.2) is 23.4 Å². The third-order valence-electron chi connectivity index (χ3n) is 4.38. The highest BCUT2D eigenvalue weighted by Gasteiger charge is 2.48. The van der Waals surface area contributed by atoms with E-state index in [1.807, 2.05) is 18.2 Å². The van der Waals surface area contributed by atoms with Crippen molar-refractivity contribution in [3.8, 4) is 0 Å². The minimum absolute atomic E-state index is 0.0791. The number of rotatable bonds is 1. The van der Waals surface area contributed by atoms with Gasteiger partial charge in [-0.15, -0.1) is 0 Å². The second kappa shape index (κ2) is 4.48. The van der Waals surface area contributed by atoms with E-state index in [1.54, 1.807) is 0 Å². The molecule has 0 radical (unpaired) electrons. The average Bonchev–Trinajstić information content (AvgIpc) is 2.72. The van der Waals surface area contributed by atoms with Crippen molar-refractivity contribution in [2.75, 3.05) is 0 Å². The molecular weight excluding hydrogens is 238 g/mol. The van der Waals surface area contributed by atoms with E-state index in [9.17, 15) is 4.79 Å². The van der Waals surface area contributed by atoms with Crippen LogP contribution in [0.2, 0.25) is 0 Å². The van der Waals surface area contributed by atoms with Crippen LogP contribution >= 0.6 is 0 Å². The van der Waals surface area contributed by atoms with E-state index in [2.05, 4.69) is 19.0 Å². The van der Waals surface area contributed by atoms with E-state index in [0.717, 1.165) is 31.2 Å². The molecular formula is C16H19NO2. The molecule has 1 aliphatic carbocycles. The molecule has 3 nitrogen and oxygen atoms in total. The molecule has 1 spiro atoms. The molecule has 100 valence electrons. The van der Waals surface area contributed by atoms with Crippen LogP contribution in [0.1, 0.15) is 48.8 Å². The topological polar surface area (TPSA) is 38.7 Å². The van der Waals surface area contributed by atoms with Gasteiger partial charge >= 0.3 is 0 Å². The molecule has 0 atom stereocenters. The van der Waals surface area contributed by atoms with Gasteiger partial charge in [0, 0.05) is 5.56 Å². The number of carbonyl (C=O) groups is 1. The summed E-state index contributed by atoms with van der Waals surface area (Å²) in [6.45, 7) is 4.12. The van der Waals surface area contributed by atoms with Gasteiger partial charge in [-0.25, -0.2) is 0 Å². The highest BCUT2D eigenvalue weighted by Crippen LogP contribution is 2.37. The molecule has 19 heavy (non-hydrogen) atoms. The van der Waals surface area contributed by atoms with Crippen molar-refractivity contribution in [1.29, 1.82) is 0 Å². The lowest BCUT2D eigenvalue weighted by molar-refractivity contribution is -0.136. The van der Waals surface area contributed by atoms with Crippen molar-refractivity contribution in [3.05, 3.63) is 34.9 Å². The van der Waals surface area contributed by atoms with Crippen molar-refractivity contribution in [3.63, 3.8) is 0 Å². The molecule has 0 aromatic heterocycles. The molecule has 2 aliphatic rings. The van der Waals surface area contributed by atoms with Crippen LogP contribution in [-0.4, -0.2) is 17.1 Å². The van der Waals surface area contributed by atoms with Crippen LogP contribution in [0.5, 0.6) is 0 Å². The summed E-state index contributed by atoms with van der Waals surface area (Å²) < 4.78 is 0. The monoisotopic (exact) mass is 257 g/mol. The van der Waals surface area contributed by atoms with Crippen LogP contribution in [0.25, 0.3) is 0 Å². The zero-order valence-corrected chi connectivity index (χ0v) is 11.5. The second-order valence-corrected chi connectivity index (χ2v) is 5.71. The van der Waals surface area contributed by atoms with E-state index in [4.69, 9.17) is 4.84 Å². The highest BCUT2D eigenvalue weighted by atomic mass is 16.7. The number of hydrogen-bond donors (Lipinski definition) is 0. The molecule has 0 N–H and O–H groups in total.